The van der Waals surface area contributed by atoms with Crippen LogP contribution < -0.4 is 10.9 Å². The molecule has 2 heterocycles. The molecule has 6 heteroatoms. The lowest BCUT2D eigenvalue weighted by Gasteiger charge is -2.17. The maximum absolute atomic E-state index is 13.6. The van der Waals surface area contributed by atoms with E-state index in [1.165, 1.54) is 10.7 Å². The van der Waals surface area contributed by atoms with Crippen molar-refractivity contribution in [1.29, 1.82) is 0 Å². The van der Waals surface area contributed by atoms with E-state index >= 15 is 0 Å². The normalized spacial score (nSPS) is 14.1. The Kier molecular flexibility index (Phi) is 3.31. The van der Waals surface area contributed by atoms with E-state index < -0.39 is 11.6 Å². The number of benzene rings is 1. The predicted molar refractivity (Wildman–Crippen MR) is 69.4 cm³/mol. The molecule has 1 aromatic heterocycles. The second kappa shape index (κ2) is 5.13. The van der Waals surface area contributed by atoms with Crippen molar-refractivity contribution in [1.82, 2.24) is 15.1 Å². The van der Waals surface area contributed by atoms with Gasteiger partial charge in [-0.2, -0.15) is 5.10 Å². The first-order chi connectivity index (χ1) is 9.63. The maximum Gasteiger partial charge on any atom is 0.267 e. The Labute approximate surface area is 114 Å². The summed E-state index contributed by atoms with van der Waals surface area (Å²) in [5.74, 6) is -1.07. The standard InChI is InChI=1S/C14H13F2N3O/c15-11-1-2-12(16)10(5-11)8-19-14(20)6-9-7-17-4-3-13(9)18-19/h1-2,5-6,17H,3-4,7-8H2. The average molecular weight is 277 g/mol. The van der Waals surface area contributed by atoms with E-state index in [1.54, 1.807) is 0 Å². The number of aromatic nitrogens is 2. The Morgan fingerprint density at radius 1 is 1.30 bits per heavy atom. The fourth-order valence-electron chi connectivity index (χ4n) is 2.30. The molecule has 0 aliphatic carbocycles. The predicted octanol–water partition coefficient (Wildman–Crippen LogP) is 1.22. The summed E-state index contributed by atoms with van der Waals surface area (Å²) < 4.78 is 27.9. The van der Waals surface area contributed by atoms with E-state index in [-0.39, 0.29) is 17.7 Å². The minimum Gasteiger partial charge on any atom is -0.312 e. The van der Waals surface area contributed by atoms with Crippen LogP contribution in [0.3, 0.4) is 0 Å². The van der Waals surface area contributed by atoms with Crippen molar-refractivity contribution < 1.29 is 8.78 Å². The maximum atomic E-state index is 13.6. The van der Waals surface area contributed by atoms with Crippen LogP contribution in [0.25, 0.3) is 0 Å². The number of rotatable bonds is 2. The van der Waals surface area contributed by atoms with Gasteiger partial charge in [-0.25, -0.2) is 13.5 Å². The molecule has 0 atom stereocenters. The Balaban J connectivity index is 1.98. The Morgan fingerprint density at radius 2 is 2.15 bits per heavy atom. The number of nitrogens with one attached hydrogen (secondary N) is 1. The number of hydrogen-bond acceptors (Lipinski definition) is 3. The zero-order chi connectivity index (χ0) is 14.1. The van der Waals surface area contributed by atoms with E-state index in [0.717, 1.165) is 42.4 Å². The van der Waals surface area contributed by atoms with Gasteiger partial charge in [-0.15, -0.1) is 0 Å². The van der Waals surface area contributed by atoms with Gasteiger partial charge in [0.15, 0.2) is 0 Å². The minimum absolute atomic E-state index is 0.0663. The highest BCUT2D eigenvalue weighted by Gasteiger charge is 2.14. The minimum atomic E-state index is -0.542. The Hall–Kier alpha value is -2.08. The number of fused-ring (bicyclic) bond motifs is 1. The summed E-state index contributed by atoms with van der Waals surface area (Å²) in [7, 11) is 0. The molecule has 1 aliphatic heterocycles. The fourth-order valence-corrected chi connectivity index (χ4v) is 2.30. The summed E-state index contributed by atoms with van der Waals surface area (Å²) in [4.78, 5) is 11.9. The van der Waals surface area contributed by atoms with E-state index in [1.807, 2.05) is 0 Å². The molecule has 0 unspecified atom stereocenters. The smallest absolute Gasteiger partial charge is 0.267 e. The Morgan fingerprint density at radius 3 is 3.00 bits per heavy atom. The SMILES string of the molecule is O=c1cc2c(nn1Cc1cc(F)ccc1F)CCNC2. The van der Waals surface area contributed by atoms with Gasteiger partial charge in [-0.1, -0.05) is 0 Å². The van der Waals surface area contributed by atoms with Gasteiger partial charge in [0.1, 0.15) is 11.6 Å². The van der Waals surface area contributed by atoms with Crippen molar-refractivity contribution in [2.75, 3.05) is 6.54 Å². The summed E-state index contributed by atoms with van der Waals surface area (Å²) in [6, 6.07) is 4.70. The van der Waals surface area contributed by atoms with Crippen LogP contribution in [0.4, 0.5) is 8.78 Å². The summed E-state index contributed by atoms with van der Waals surface area (Å²) in [5.41, 5.74) is 1.52. The number of nitrogens with zero attached hydrogens (tertiary/aromatic N) is 2. The molecular weight excluding hydrogens is 264 g/mol. The van der Waals surface area contributed by atoms with Crippen molar-refractivity contribution in [3.8, 4) is 0 Å². The fraction of sp³-hybridized carbons (Fsp3) is 0.286. The van der Waals surface area contributed by atoms with Crippen LogP contribution in [0, 0.1) is 11.6 Å². The zero-order valence-corrected chi connectivity index (χ0v) is 10.7. The monoisotopic (exact) mass is 277 g/mol. The van der Waals surface area contributed by atoms with E-state index in [9.17, 15) is 13.6 Å². The molecule has 0 fully saturated rings. The van der Waals surface area contributed by atoms with Gasteiger partial charge in [-0.05, 0) is 23.8 Å². The van der Waals surface area contributed by atoms with Crippen LogP contribution in [0.15, 0.2) is 29.1 Å². The lowest BCUT2D eigenvalue weighted by atomic mass is 10.1. The van der Waals surface area contributed by atoms with Gasteiger partial charge >= 0.3 is 0 Å². The molecule has 1 aliphatic rings. The van der Waals surface area contributed by atoms with Crippen LogP contribution in [0.1, 0.15) is 16.8 Å². The summed E-state index contributed by atoms with van der Waals surface area (Å²) >= 11 is 0. The number of hydrogen-bond donors (Lipinski definition) is 1. The topological polar surface area (TPSA) is 46.9 Å². The lowest BCUT2D eigenvalue weighted by Crippen LogP contribution is -2.32. The van der Waals surface area contributed by atoms with Crippen LogP contribution >= 0.6 is 0 Å². The molecule has 4 nitrogen and oxygen atoms in total. The second-order valence-electron chi connectivity index (χ2n) is 4.77. The van der Waals surface area contributed by atoms with Crippen molar-refractivity contribution in [2.45, 2.75) is 19.5 Å². The van der Waals surface area contributed by atoms with E-state index in [0.29, 0.717) is 6.54 Å². The molecule has 0 spiro atoms. The van der Waals surface area contributed by atoms with Gasteiger partial charge in [-0.3, -0.25) is 4.79 Å². The lowest BCUT2D eigenvalue weighted by molar-refractivity contribution is 0.536. The second-order valence-corrected chi connectivity index (χ2v) is 4.77. The van der Waals surface area contributed by atoms with Crippen molar-refractivity contribution in [3.05, 3.63) is 63.1 Å². The van der Waals surface area contributed by atoms with Crippen molar-refractivity contribution in [2.24, 2.45) is 0 Å². The first-order valence-electron chi connectivity index (χ1n) is 6.38. The molecule has 2 aromatic rings. The first-order valence-corrected chi connectivity index (χ1v) is 6.38. The molecule has 0 bridgehead atoms. The number of halogens is 2. The molecule has 0 saturated carbocycles. The quantitative estimate of drug-likeness (QED) is 0.897. The molecular formula is C14H13F2N3O. The third-order valence-electron chi connectivity index (χ3n) is 3.35. The third-order valence-corrected chi connectivity index (χ3v) is 3.35. The van der Waals surface area contributed by atoms with Crippen LogP contribution in [-0.2, 0) is 19.5 Å². The van der Waals surface area contributed by atoms with E-state index in [2.05, 4.69) is 10.4 Å². The molecule has 20 heavy (non-hydrogen) atoms. The van der Waals surface area contributed by atoms with Crippen LogP contribution in [-0.4, -0.2) is 16.3 Å². The van der Waals surface area contributed by atoms with Gasteiger partial charge in [0, 0.05) is 31.1 Å². The highest BCUT2D eigenvalue weighted by atomic mass is 19.1. The summed E-state index contributed by atoms with van der Waals surface area (Å²) in [6.07, 6.45) is 0.723. The Bertz CT molecular complexity index is 712. The summed E-state index contributed by atoms with van der Waals surface area (Å²) in [6.45, 7) is 1.35. The van der Waals surface area contributed by atoms with Gasteiger partial charge in [0.25, 0.3) is 5.56 Å². The molecule has 3 rings (SSSR count). The zero-order valence-electron chi connectivity index (χ0n) is 10.7. The van der Waals surface area contributed by atoms with Gasteiger partial charge < -0.3 is 5.32 Å². The molecule has 0 radical (unpaired) electrons. The third kappa shape index (κ3) is 2.46. The molecule has 0 amide bonds. The first kappa shape index (κ1) is 12.9. The highest BCUT2D eigenvalue weighted by Crippen LogP contribution is 2.12. The van der Waals surface area contributed by atoms with Gasteiger partial charge in [0.2, 0.25) is 0 Å². The van der Waals surface area contributed by atoms with Crippen LogP contribution in [0.2, 0.25) is 0 Å². The van der Waals surface area contributed by atoms with Crippen molar-refractivity contribution >= 4 is 0 Å². The van der Waals surface area contributed by atoms with E-state index in [4.69, 9.17) is 0 Å². The largest absolute Gasteiger partial charge is 0.312 e. The molecule has 0 saturated heterocycles. The van der Waals surface area contributed by atoms with Gasteiger partial charge in [0.05, 0.1) is 12.2 Å². The molecule has 1 N–H and O–H groups in total. The summed E-state index contributed by atoms with van der Waals surface area (Å²) in [5, 5.41) is 7.41. The average Bonchev–Trinajstić information content (AvgIpc) is 2.43. The molecule has 1 aromatic carbocycles. The van der Waals surface area contributed by atoms with Crippen molar-refractivity contribution in [3.63, 3.8) is 0 Å². The highest BCUT2D eigenvalue weighted by molar-refractivity contribution is 5.22. The van der Waals surface area contributed by atoms with Crippen LogP contribution in [0.5, 0.6) is 0 Å². The molecule has 104 valence electrons.